The lowest BCUT2D eigenvalue weighted by Gasteiger charge is -2.32. The molecule has 3 amide bonds. The van der Waals surface area contributed by atoms with Crippen molar-refractivity contribution in [1.29, 1.82) is 0 Å². The molecule has 1 aromatic heterocycles. The minimum Gasteiger partial charge on any atom is -0.456 e. The molecule has 1 saturated heterocycles. The van der Waals surface area contributed by atoms with Gasteiger partial charge >= 0.3 is 0 Å². The molecule has 2 N–H and O–H groups in total. The van der Waals surface area contributed by atoms with E-state index >= 15 is 0 Å². The quantitative estimate of drug-likeness (QED) is 0.624. The van der Waals surface area contributed by atoms with E-state index in [4.69, 9.17) is 4.42 Å². The molecule has 0 spiro atoms. The van der Waals surface area contributed by atoms with E-state index in [0.29, 0.717) is 43.0 Å². The Bertz CT molecular complexity index is 872. The second-order valence-corrected chi connectivity index (χ2v) is 7.86. The van der Waals surface area contributed by atoms with Gasteiger partial charge in [0, 0.05) is 22.7 Å². The van der Waals surface area contributed by atoms with Crippen LogP contribution in [-0.4, -0.2) is 48.3 Å². The first-order chi connectivity index (χ1) is 13.4. The highest BCUT2D eigenvalue weighted by Crippen LogP contribution is 2.13. The van der Waals surface area contributed by atoms with Crippen LogP contribution in [0.2, 0.25) is 0 Å². The second-order valence-electron chi connectivity index (χ2n) is 6.70. The zero-order valence-electron chi connectivity index (χ0n) is 15.5. The lowest BCUT2D eigenvalue weighted by molar-refractivity contribution is -0.131. The van der Waals surface area contributed by atoms with Gasteiger partial charge in [-0.25, -0.2) is 0 Å². The number of hydrogen-bond acceptors (Lipinski definition) is 4. The van der Waals surface area contributed by atoms with Crippen LogP contribution >= 0.6 is 22.6 Å². The van der Waals surface area contributed by atoms with Gasteiger partial charge in [-0.3, -0.25) is 14.4 Å². The molecule has 148 valence electrons. The Balaban J connectivity index is 1.43. The number of halogens is 1. The smallest absolute Gasteiger partial charge is 0.287 e. The predicted molar refractivity (Wildman–Crippen MR) is 112 cm³/mol. The SMILES string of the molecule is Cc1ccc(C(=O)NC2CCN(C(=O)CNC(=O)c3ccccc3I)CC2)o1. The van der Waals surface area contributed by atoms with Crippen LogP contribution < -0.4 is 10.6 Å². The molecule has 2 heterocycles. The second kappa shape index (κ2) is 9.22. The van der Waals surface area contributed by atoms with E-state index in [1.54, 1.807) is 36.1 Å². The minimum absolute atomic E-state index is 0.00226. The summed E-state index contributed by atoms with van der Waals surface area (Å²) in [7, 11) is 0. The molecule has 0 bridgehead atoms. The van der Waals surface area contributed by atoms with E-state index < -0.39 is 0 Å². The first-order valence-corrected chi connectivity index (χ1v) is 10.2. The van der Waals surface area contributed by atoms with Crippen LogP contribution in [0, 0.1) is 10.5 Å². The summed E-state index contributed by atoms with van der Waals surface area (Å²) in [6.45, 7) is 2.84. The normalized spacial score (nSPS) is 14.6. The molecule has 1 aliphatic rings. The molecular formula is C20H22IN3O4. The van der Waals surface area contributed by atoms with Crippen LogP contribution in [0.4, 0.5) is 0 Å². The van der Waals surface area contributed by atoms with E-state index in [-0.39, 0.29) is 30.3 Å². The van der Waals surface area contributed by atoms with Crippen LogP contribution in [0.1, 0.15) is 39.5 Å². The Hall–Kier alpha value is -2.36. The number of amides is 3. The van der Waals surface area contributed by atoms with Crippen molar-refractivity contribution < 1.29 is 18.8 Å². The zero-order chi connectivity index (χ0) is 20.1. The number of hydrogen-bond donors (Lipinski definition) is 2. The van der Waals surface area contributed by atoms with Crippen molar-refractivity contribution >= 4 is 40.3 Å². The van der Waals surface area contributed by atoms with E-state index in [0.717, 1.165) is 3.57 Å². The molecule has 1 fully saturated rings. The standard InChI is InChI=1S/C20H22IN3O4/c1-13-6-7-17(28-13)20(27)23-14-8-10-24(11-9-14)18(25)12-22-19(26)15-4-2-3-5-16(15)21/h2-7,14H,8-12H2,1H3,(H,22,26)(H,23,27). The molecule has 0 atom stereocenters. The molecule has 0 aliphatic carbocycles. The number of piperidine rings is 1. The maximum atomic E-state index is 12.4. The van der Waals surface area contributed by atoms with E-state index in [1.807, 2.05) is 12.1 Å². The van der Waals surface area contributed by atoms with Gasteiger partial charge in [0.05, 0.1) is 12.1 Å². The maximum Gasteiger partial charge on any atom is 0.287 e. The van der Waals surface area contributed by atoms with Crippen LogP contribution in [0.5, 0.6) is 0 Å². The summed E-state index contributed by atoms with van der Waals surface area (Å²) in [5.74, 6) is 0.384. The fourth-order valence-electron chi connectivity index (χ4n) is 3.09. The lowest BCUT2D eigenvalue weighted by atomic mass is 10.0. The average molecular weight is 495 g/mol. The van der Waals surface area contributed by atoms with Gasteiger partial charge < -0.3 is 20.0 Å². The number of benzene rings is 1. The third-order valence-electron chi connectivity index (χ3n) is 4.67. The number of aryl methyl sites for hydroxylation is 1. The Morgan fingerprint density at radius 1 is 1.11 bits per heavy atom. The van der Waals surface area contributed by atoms with Gasteiger partial charge in [-0.2, -0.15) is 0 Å². The van der Waals surface area contributed by atoms with Crippen molar-refractivity contribution in [2.75, 3.05) is 19.6 Å². The summed E-state index contributed by atoms with van der Waals surface area (Å²) in [6.07, 6.45) is 1.34. The number of carbonyl (C=O) groups excluding carboxylic acids is 3. The number of nitrogens with zero attached hydrogens (tertiary/aromatic N) is 1. The monoisotopic (exact) mass is 495 g/mol. The predicted octanol–water partition coefficient (Wildman–Crippen LogP) is 2.34. The van der Waals surface area contributed by atoms with E-state index in [2.05, 4.69) is 33.2 Å². The average Bonchev–Trinajstić information content (AvgIpc) is 3.13. The van der Waals surface area contributed by atoms with Gasteiger partial charge in [0.25, 0.3) is 11.8 Å². The van der Waals surface area contributed by atoms with E-state index in [1.165, 1.54) is 0 Å². The summed E-state index contributed by atoms with van der Waals surface area (Å²) in [6, 6.07) is 10.6. The molecule has 8 heteroatoms. The number of furan rings is 1. The van der Waals surface area contributed by atoms with Gasteiger partial charge in [0.1, 0.15) is 5.76 Å². The fourth-order valence-corrected chi connectivity index (χ4v) is 3.73. The summed E-state index contributed by atoms with van der Waals surface area (Å²) in [5.41, 5.74) is 0.561. The van der Waals surface area contributed by atoms with Gasteiger partial charge in [0.15, 0.2) is 5.76 Å². The number of carbonyl (C=O) groups is 3. The van der Waals surface area contributed by atoms with Crippen molar-refractivity contribution in [3.63, 3.8) is 0 Å². The van der Waals surface area contributed by atoms with Crippen LogP contribution in [0.25, 0.3) is 0 Å². The zero-order valence-corrected chi connectivity index (χ0v) is 17.7. The molecule has 1 aliphatic heterocycles. The molecular weight excluding hydrogens is 473 g/mol. The topological polar surface area (TPSA) is 91.7 Å². The molecule has 0 saturated carbocycles. The van der Waals surface area contributed by atoms with Crippen molar-refractivity contribution in [3.8, 4) is 0 Å². The first-order valence-electron chi connectivity index (χ1n) is 9.12. The highest BCUT2D eigenvalue weighted by atomic mass is 127. The largest absolute Gasteiger partial charge is 0.456 e. The molecule has 0 unspecified atom stereocenters. The van der Waals surface area contributed by atoms with Crippen LogP contribution in [0.15, 0.2) is 40.8 Å². The maximum absolute atomic E-state index is 12.4. The molecule has 0 radical (unpaired) electrons. The highest BCUT2D eigenvalue weighted by Gasteiger charge is 2.25. The van der Waals surface area contributed by atoms with E-state index in [9.17, 15) is 14.4 Å². The molecule has 1 aromatic carbocycles. The summed E-state index contributed by atoms with van der Waals surface area (Å²) in [5, 5.41) is 5.63. The summed E-state index contributed by atoms with van der Waals surface area (Å²) in [4.78, 5) is 38.5. The van der Waals surface area contributed by atoms with Gasteiger partial charge in [0.2, 0.25) is 5.91 Å². The molecule has 28 heavy (non-hydrogen) atoms. The first kappa shape index (κ1) is 20.4. The van der Waals surface area contributed by atoms with Gasteiger partial charge in [-0.1, -0.05) is 12.1 Å². The highest BCUT2D eigenvalue weighted by molar-refractivity contribution is 14.1. The van der Waals surface area contributed by atoms with Crippen molar-refractivity contribution in [1.82, 2.24) is 15.5 Å². The Morgan fingerprint density at radius 2 is 1.82 bits per heavy atom. The summed E-state index contributed by atoms with van der Waals surface area (Å²) < 4.78 is 6.17. The fraction of sp³-hybridized carbons (Fsp3) is 0.350. The van der Waals surface area contributed by atoms with Crippen LogP contribution in [-0.2, 0) is 4.79 Å². The number of rotatable bonds is 5. The van der Waals surface area contributed by atoms with Gasteiger partial charge in [-0.05, 0) is 66.6 Å². The van der Waals surface area contributed by atoms with Crippen molar-refractivity contribution in [2.24, 2.45) is 0 Å². The van der Waals surface area contributed by atoms with Crippen molar-refractivity contribution in [3.05, 3.63) is 57.1 Å². The Labute approximate surface area is 177 Å². The lowest BCUT2D eigenvalue weighted by Crippen LogP contribution is -2.49. The van der Waals surface area contributed by atoms with Gasteiger partial charge in [-0.15, -0.1) is 0 Å². The minimum atomic E-state index is -0.255. The Morgan fingerprint density at radius 3 is 2.46 bits per heavy atom. The van der Waals surface area contributed by atoms with Crippen LogP contribution in [0.3, 0.4) is 0 Å². The number of likely N-dealkylation sites (tertiary alicyclic amines) is 1. The molecule has 3 rings (SSSR count). The van der Waals surface area contributed by atoms with Crippen molar-refractivity contribution in [2.45, 2.75) is 25.8 Å². The summed E-state index contributed by atoms with van der Waals surface area (Å²) >= 11 is 2.10. The third-order valence-corrected chi connectivity index (χ3v) is 5.61. The Kier molecular flexibility index (Phi) is 6.71. The number of nitrogens with one attached hydrogen (secondary N) is 2. The third kappa shape index (κ3) is 5.12. The molecule has 7 nitrogen and oxygen atoms in total. The molecule has 2 aromatic rings.